The molecule has 1 saturated heterocycles. The molecule has 2 rings (SSSR count). The third-order valence-electron chi connectivity index (χ3n) is 5.81. The molecule has 2 fully saturated rings. The summed E-state index contributed by atoms with van der Waals surface area (Å²) in [5, 5.41) is 3.58. The fraction of sp³-hybridized carbons (Fsp3) is 1.00. The Balaban J connectivity index is 2.04. The zero-order chi connectivity index (χ0) is 13.2. The van der Waals surface area contributed by atoms with Gasteiger partial charge in [-0.15, -0.1) is 0 Å². The minimum atomic E-state index is 0.524. The summed E-state index contributed by atoms with van der Waals surface area (Å²) in [4.78, 5) is 2.76. The normalized spacial score (nSPS) is 35.0. The average Bonchev–Trinajstić information content (AvgIpc) is 2.91. The number of likely N-dealkylation sites (tertiary alicyclic amines) is 1. The minimum Gasteiger partial charge on any atom is -0.315 e. The van der Waals surface area contributed by atoms with E-state index in [9.17, 15) is 0 Å². The van der Waals surface area contributed by atoms with E-state index in [0.29, 0.717) is 5.41 Å². The lowest BCUT2D eigenvalue weighted by Crippen LogP contribution is -2.53. The summed E-state index contributed by atoms with van der Waals surface area (Å²) >= 11 is 0. The molecule has 0 amide bonds. The van der Waals surface area contributed by atoms with Crippen LogP contribution in [0.2, 0.25) is 0 Å². The van der Waals surface area contributed by atoms with E-state index in [1.165, 1.54) is 51.6 Å². The summed E-state index contributed by atoms with van der Waals surface area (Å²) in [6.07, 6.45) is 8.33. The SMILES string of the molecule is CCC(C)(C)C1CCC(NC)C(N2CCCC2)C1. The fourth-order valence-electron chi connectivity index (χ4n) is 3.96. The van der Waals surface area contributed by atoms with Crippen molar-refractivity contribution in [3.63, 3.8) is 0 Å². The largest absolute Gasteiger partial charge is 0.315 e. The van der Waals surface area contributed by atoms with Crippen LogP contribution in [0.3, 0.4) is 0 Å². The number of likely N-dealkylation sites (N-methyl/N-ethyl adjacent to an activating group) is 1. The van der Waals surface area contributed by atoms with Crippen molar-refractivity contribution in [2.75, 3.05) is 20.1 Å². The number of hydrogen-bond acceptors (Lipinski definition) is 2. The Bertz CT molecular complexity index is 254. The monoisotopic (exact) mass is 252 g/mol. The molecule has 2 heteroatoms. The van der Waals surface area contributed by atoms with Crippen molar-refractivity contribution in [1.82, 2.24) is 10.2 Å². The summed E-state index contributed by atoms with van der Waals surface area (Å²) < 4.78 is 0. The molecule has 1 saturated carbocycles. The molecule has 1 heterocycles. The van der Waals surface area contributed by atoms with E-state index in [1.54, 1.807) is 0 Å². The van der Waals surface area contributed by atoms with Gasteiger partial charge in [0.05, 0.1) is 0 Å². The maximum absolute atomic E-state index is 3.58. The van der Waals surface area contributed by atoms with Crippen LogP contribution in [0, 0.1) is 11.3 Å². The lowest BCUT2D eigenvalue weighted by molar-refractivity contribution is 0.0636. The van der Waals surface area contributed by atoms with E-state index in [1.807, 2.05) is 0 Å². The first-order valence-corrected chi connectivity index (χ1v) is 7.99. The number of nitrogens with one attached hydrogen (secondary N) is 1. The maximum Gasteiger partial charge on any atom is 0.0252 e. The quantitative estimate of drug-likeness (QED) is 0.826. The molecule has 1 aliphatic carbocycles. The van der Waals surface area contributed by atoms with Crippen LogP contribution in [0.25, 0.3) is 0 Å². The van der Waals surface area contributed by atoms with Gasteiger partial charge in [0.25, 0.3) is 0 Å². The zero-order valence-electron chi connectivity index (χ0n) is 12.8. The Morgan fingerprint density at radius 2 is 1.83 bits per heavy atom. The Morgan fingerprint density at radius 1 is 1.17 bits per heavy atom. The highest BCUT2D eigenvalue weighted by Gasteiger charge is 2.39. The molecule has 0 radical (unpaired) electrons. The van der Waals surface area contributed by atoms with Crippen LogP contribution in [0.4, 0.5) is 0 Å². The number of nitrogens with zero attached hydrogens (tertiary/aromatic N) is 1. The van der Waals surface area contributed by atoms with Crippen LogP contribution in [0.5, 0.6) is 0 Å². The smallest absolute Gasteiger partial charge is 0.0252 e. The highest BCUT2D eigenvalue weighted by Crippen LogP contribution is 2.42. The molecule has 0 aromatic heterocycles. The number of hydrogen-bond donors (Lipinski definition) is 1. The van der Waals surface area contributed by atoms with Crippen LogP contribution in [-0.4, -0.2) is 37.1 Å². The Labute approximate surface area is 114 Å². The molecular weight excluding hydrogens is 220 g/mol. The van der Waals surface area contributed by atoms with Crippen LogP contribution < -0.4 is 5.32 Å². The fourth-order valence-corrected chi connectivity index (χ4v) is 3.96. The van der Waals surface area contributed by atoms with E-state index >= 15 is 0 Å². The van der Waals surface area contributed by atoms with Crippen molar-refractivity contribution >= 4 is 0 Å². The van der Waals surface area contributed by atoms with E-state index in [0.717, 1.165) is 18.0 Å². The van der Waals surface area contributed by atoms with Gasteiger partial charge in [0.1, 0.15) is 0 Å². The summed E-state index contributed by atoms with van der Waals surface area (Å²) in [5.41, 5.74) is 0.524. The van der Waals surface area contributed by atoms with Crippen molar-refractivity contribution < 1.29 is 0 Å². The van der Waals surface area contributed by atoms with Gasteiger partial charge in [0.2, 0.25) is 0 Å². The standard InChI is InChI=1S/C16H32N2/c1-5-16(2,3)13-8-9-14(17-4)15(12-13)18-10-6-7-11-18/h13-15,17H,5-12H2,1-4H3. The summed E-state index contributed by atoms with van der Waals surface area (Å²) in [5.74, 6) is 0.915. The predicted octanol–water partition coefficient (Wildman–Crippen LogP) is 3.28. The first kappa shape index (κ1) is 14.3. The van der Waals surface area contributed by atoms with Crippen LogP contribution >= 0.6 is 0 Å². The van der Waals surface area contributed by atoms with Crippen LogP contribution in [0.1, 0.15) is 59.3 Å². The van der Waals surface area contributed by atoms with E-state index in [2.05, 4.69) is 38.0 Å². The molecule has 106 valence electrons. The van der Waals surface area contributed by atoms with Crippen LogP contribution in [0.15, 0.2) is 0 Å². The van der Waals surface area contributed by atoms with Gasteiger partial charge in [-0.3, -0.25) is 4.90 Å². The third-order valence-corrected chi connectivity index (χ3v) is 5.81. The molecular formula is C16H32N2. The highest BCUT2D eigenvalue weighted by atomic mass is 15.2. The minimum absolute atomic E-state index is 0.524. The Hall–Kier alpha value is -0.0800. The molecule has 0 aromatic carbocycles. The molecule has 1 aliphatic heterocycles. The Morgan fingerprint density at radius 3 is 2.39 bits per heavy atom. The molecule has 0 aromatic rings. The first-order valence-electron chi connectivity index (χ1n) is 7.99. The summed E-state index contributed by atoms with van der Waals surface area (Å²) in [6, 6.07) is 1.52. The van der Waals surface area contributed by atoms with E-state index < -0.39 is 0 Å². The van der Waals surface area contributed by atoms with Crippen molar-refractivity contribution in [2.24, 2.45) is 11.3 Å². The molecule has 1 N–H and O–H groups in total. The van der Waals surface area contributed by atoms with Crippen molar-refractivity contribution in [1.29, 1.82) is 0 Å². The molecule has 2 nitrogen and oxygen atoms in total. The second-order valence-corrected chi connectivity index (χ2v) is 7.06. The lowest BCUT2D eigenvalue weighted by Gasteiger charge is -2.46. The molecule has 18 heavy (non-hydrogen) atoms. The van der Waals surface area contributed by atoms with Crippen molar-refractivity contribution in [3.05, 3.63) is 0 Å². The van der Waals surface area contributed by atoms with Crippen molar-refractivity contribution in [2.45, 2.75) is 71.4 Å². The van der Waals surface area contributed by atoms with Gasteiger partial charge in [-0.05, 0) is 63.6 Å². The first-order chi connectivity index (χ1) is 8.58. The van der Waals surface area contributed by atoms with Gasteiger partial charge in [-0.2, -0.15) is 0 Å². The van der Waals surface area contributed by atoms with Gasteiger partial charge in [-0.1, -0.05) is 27.2 Å². The van der Waals surface area contributed by atoms with Gasteiger partial charge in [0.15, 0.2) is 0 Å². The molecule has 0 bridgehead atoms. The average molecular weight is 252 g/mol. The molecule has 0 spiro atoms. The number of rotatable bonds is 4. The van der Waals surface area contributed by atoms with Gasteiger partial charge in [0, 0.05) is 12.1 Å². The van der Waals surface area contributed by atoms with Crippen LogP contribution in [-0.2, 0) is 0 Å². The van der Waals surface area contributed by atoms with E-state index in [4.69, 9.17) is 0 Å². The Kier molecular flexibility index (Phi) is 4.71. The van der Waals surface area contributed by atoms with E-state index in [-0.39, 0.29) is 0 Å². The third kappa shape index (κ3) is 2.91. The zero-order valence-corrected chi connectivity index (χ0v) is 12.8. The topological polar surface area (TPSA) is 15.3 Å². The van der Waals surface area contributed by atoms with Crippen molar-refractivity contribution in [3.8, 4) is 0 Å². The molecule has 3 unspecified atom stereocenters. The highest BCUT2D eigenvalue weighted by molar-refractivity contribution is 4.95. The summed E-state index contributed by atoms with van der Waals surface area (Å²) in [6.45, 7) is 9.97. The predicted molar refractivity (Wildman–Crippen MR) is 78.9 cm³/mol. The molecule has 2 aliphatic rings. The molecule has 3 atom stereocenters. The van der Waals surface area contributed by atoms with Gasteiger partial charge >= 0.3 is 0 Å². The second-order valence-electron chi connectivity index (χ2n) is 7.06. The van der Waals surface area contributed by atoms with Gasteiger partial charge < -0.3 is 5.32 Å². The maximum atomic E-state index is 3.58. The summed E-state index contributed by atoms with van der Waals surface area (Å²) in [7, 11) is 2.15. The lowest BCUT2D eigenvalue weighted by atomic mass is 9.67. The van der Waals surface area contributed by atoms with Gasteiger partial charge in [-0.25, -0.2) is 0 Å². The second kappa shape index (κ2) is 5.92.